The summed E-state index contributed by atoms with van der Waals surface area (Å²) < 4.78 is 5.69. The zero-order chi connectivity index (χ0) is 28.4. The molecule has 1 amide bonds. The van der Waals surface area contributed by atoms with Crippen LogP contribution in [0.15, 0.2) is 36.7 Å². The Morgan fingerprint density at radius 3 is 2.60 bits per heavy atom. The fourth-order valence-electron chi connectivity index (χ4n) is 5.57. The molecule has 1 fully saturated rings. The molecule has 0 N–H and O–H groups in total. The first-order chi connectivity index (χ1) is 19.3. The van der Waals surface area contributed by atoms with E-state index < -0.39 is 0 Å². The fraction of sp³-hybridized carbons (Fsp3) is 0.455. The molecule has 208 valence electrons. The van der Waals surface area contributed by atoms with Crippen LogP contribution in [0.3, 0.4) is 0 Å². The van der Waals surface area contributed by atoms with E-state index in [9.17, 15) is 10.1 Å². The number of aromatic nitrogens is 2. The predicted molar refractivity (Wildman–Crippen MR) is 157 cm³/mol. The van der Waals surface area contributed by atoms with Gasteiger partial charge in [0.1, 0.15) is 17.4 Å². The van der Waals surface area contributed by atoms with Crippen molar-refractivity contribution in [3.8, 4) is 22.9 Å². The van der Waals surface area contributed by atoms with Crippen LogP contribution in [0.5, 0.6) is 5.75 Å². The van der Waals surface area contributed by atoms with E-state index >= 15 is 0 Å². The van der Waals surface area contributed by atoms with Gasteiger partial charge in [-0.05, 0) is 100 Å². The molecule has 0 bridgehead atoms. The van der Waals surface area contributed by atoms with Crippen molar-refractivity contribution in [1.29, 1.82) is 5.26 Å². The van der Waals surface area contributed by atoms with E-state index in [0.717, 1.165) is 59.6 Å². The molecular formula is C33H39N5O2. The molecule has 2 aromatic heterocycles. The Labute approximate surface area is 237 Å². The van der Waals surface area contributed by atoms with E-state index in [0.29, 0.717) is 30.4 Å². The molecule has 7 nitrogen and oxygen atoms in total. The number of fused-ring (bicyclic) bond motifs is 1. The van der Waals surface area contributed by atoms with Gasteiger partial charge in [0.2, 0.25) is 0 Å². The Bertz CT molecular complexity index is 1460. The van der Waals surface area contributed by atoms with Gasteiger partial charge in [-0.2, -0.15) is 5.26 Å². The van der Waals surface area contributed by atoms with E-state index in [-0.39, 0.29) is 11.9 Å². The van der Waals surface area contributed by atoms with E-state index in [1.54, 1.807) is 12.3 Å². The molecule has 1 atom stereocenters. The lowest BCUT2D eigenvalue weighted by atomic mass is 9.86. The molecule has 0 spiro atoms. The van der Waals surface area contributed by atoms with Gasteiger partial charge >= 0.3 is 0 Å². The number of hydrogen-bond donors (Lipinski definition) is 0. The topological polar surface area (TPSA) is 82.3 Å². The SMILES string of the molecule is CCOc1cc(C(C)N2CCc3c(cc(CCN(C)CC)cc3-c3cc(C4CC4)cnc3C)C2=O)ncc1C#N. The van der Waals surface area contributed by atoms with Crippen molar-refractivity contribution in [2.24, 2.45) is 0 Å². The van der Waals surface area contributed by atoms with Gasteiger partial charge in [-0.25, -0.2) is 0 Å². The van der Waals surface area contributed by atoms with Gasteiger partial charge in [-0.15, -0.1) is 0 Å². The number of benzene rings is 1. The van der Waals surface area contributed by atoms with Crippen LogP contribution in [-0.4, -0.2) is 59.0 Å². The molecule has 1 unspecified atom stereocenters. The van der Waals surface area contributed by atoms with Crippen LogP contribution in [-0.2, 0) is 12.8 Å². The number of hydrogen-bond acceptors (Lipinski definition) is 6. The third kappa shape index (κ3) is 5.59. The minimum absolute atomic E-state index is 0.0220. The molecule has 2 aliphatic rings. The summed E-state index contributed by atoms with van der Waals surface area (Å²) in [6, 6.07) is 10.4. The molecule has 1 saturated carbocycles. The van der Waals surface area contributed by atoms with Gasteiger partial charge in [0.05, 0.1) is 18.3 Å². The number of aryl methyl sites for hydroxylation is 1. The molecule has 1 aliphatic carbocycles. The minimum Gasteiger partial charge on any atom is -0.492 e. The van der Waals surface area contributed by atoms with Gasteiger partial charge in [-0.3, -0.25) is 14.8 Å². The van der Waals surface area contributed by atoms with E-state index in [2.05, 4.69) is 55.0 Å². The first kappa shape index (κ1) is 27.8. The quantitative estimate of drug-likeness (QED) is 0.323. The summed E-state index contributed by atoms with van der Waals surface area (Å²) in [4.78, 5) is 27.7. The average Bonchev–Trinajstić information content (AvgIpc) is 3.82. The number of pyridine rings is 2. The van der Waals surface area contributed by atoms with Crippen molar-refractivity contribution in [3.05, 3.63) is 75.9 Å². The summed E-state index contributed by atoms with van der Waals surface area (Å²) in [5.74, 6) is 1.15. The molecule has 7 heteroatoms. The second-order valence-corrected chi connectivity index (χ2v) is 11.1. The van der Waals surface area contributed by atoms with Gasteiger partial charge in [0.25, 0.3) is 5.91 Å². The summed E-state index contributed by atoms with van der Waals surface area (Å²) in [6.07, 6.45) is 7.66. The van der Waals surface area contributed by atoms with Crippen LogP contribution >= 0.6 is 0 Å². The number of carbonyl (C=O) groups is 1. The maximum atomic E-state index is 14.2. The Morgan fingerprint density at radius 2 is 1.90 bits per heavy atom. The molecule has 1 aliphatic heterocycles. The van der Waals surface area contributed by atoms with Crippen LogP contribution in [0.4, 0.5) is 0 Å². The van der Waals surface area contributed by atoms with Crippen LogP contribution in [0.2, 0.25) is 0 Å². The zero-order valence-electron chi connectivity index (χ0n) is 24.3. The normalized spacial score (nSPS) is 15.6. The average molecular weight is 538 g/mol. The van der Waals surface area contributed by atoms with Crippen LogP contribution < -0.4 is 4.74 Å². The summed E-state index contributed by atoms with van der Waals surface area (Å²) in [7, 11) is 2.13. The number of amides is 1. The van der Waals surface area contributed by atoms with E-state index in [1.165, 1.54) is 24.0 Å². The summed E-state index contributed by atoms with van der Waals surface area (Å²) in [5, 5.41) is 9.44. The Hall–Kier alpha value is -3.76. The second-order valence-electron chi connectivity index (χ2n) is 11.1. The lowest BCUT2D eigenvalue weighted by molar-refractivity contribution is 0.0669. The highest BCUT2D eigenvalue weighted by Crippen LogP contribution is 2.42. The van der Waals surface area contributed by atoms with Crippen molar-refractivity contribution in [2.45, 2.75) is 65.3 Å². The maximum absolute atomic E-state index is 14.2. The summed E-state index contributed by atoms with van der Waals surface area (Å²) in [5.41, 5.74) is 8.78. The highest BCUT2D eigenvalue weighted by molar-refractivity contribution is 5.99. The van der Waals surface area contributed by atoms with Crippen molar-refractivity contribution >= 4 is 5.91 Å². The molecule has 3 aromatic rings. The van der Waals surface area contributed by atoms with E-state index in [1.807, 2.05) is 24.9 Å². The highest BCUT2D eigenvalue weighted by atomic mass is 16.5. The molecule has 40 heavy (non-hydrogen) atoms. The minimum atomic E-state index is -0.257. The Balaban J connectivity index is 1.54. The predicted octanol–water partition coefficient (Wildman–Crippen LogP) is 5.85. The first-order valence-corrected chi connectivity index (χ1v) is 14.5. The van der Waals surface area contributed by atoms with Crippen molar-refractivity contribution in [1.82, 2.24) is 19.8 Å². The smallest absolute Gasteiger partial charge is 0.254 e. The lowest BCUT2D eigenvalue weighted by Crippen LogP contribution is -2.40. The number of carbonyl (C=O) groups excluding carboxylic acids is 1. The van der Waals surface area contributed by atoms with Crippen molar-refractivity contribution in [3.63, 3.8) is 0 Å². The third-order valence-electron chi connectivity index (χ3n) is 8.38. The molecule has 1 aromatic carbocycles. The van der Waals surface area contributed by atoms with Crippen molar-refractivity contribution in [2.75, 3.05) is 33.3 Å². The van der Waals surface area contributed by atoms with Gasteiger partial charge in [0, 0.05) is 48.4 Å². The van der Waals surface area contributed by atoms with Crippen LogP contribution in [0.1, 0.15) is 89.6 Å². The molecule has 0 radical (unpaired) electrons. The van der Waals surface area contributed by atoms with Gasteiger partial charge in [-0.1, -0.05) is 13.0 Å². The standard InChI is InChI=1S/C33H39N5O2/c1-6-37(5)12-10-23-14-29(28-16-25(24-8-9-24)19-35-21(28)3)27-11-13-38(33(39)30(27)15-23)22(4)31-17-32(40-7-2)26(18-34)20-36-31/h14-17,19-20,22,24H,6-13H2,1-5H3. The number of likely N-dealkylation sites (N-methyl/N-ethyl adjacent to an activating group) is 1. The molecule has 3 heterocycles. The number of nitrogens with zero attached hydrogens (tertiary/aromatic N) is 5. The molecule has 5 rings (SSSR count). The number of ether oxygens (including phenoxy) is 1. The van der Waals surface area contributed by atoms with Gasteiger partial charge in [0.15, 0.2) is 0 Å². The fourth-order valence-corrected chi connectivity index (χ4v) is 5.57. The highest BCUT2D eigenvalue weighted by Gasteiger charge is 2.32. The number of rotatable bonds is 10. The largest absolute Gasteiger partial charge is 0.492 e. The number of nitriles is 1. The maximum Gasteiger partial charge on any atom is 0.254 e. The Kier molecular flexibility index (Phi) is 8.18. The summed E-state index contributed by atoms with van der Waals surface area (Å²) >= 11 is 0. The van der Waals surface area contributed by atoms with Crippen molar-refractivity contribution < 1.29 is 9.53 Å². The molecular weight excluding hydrogens is 498 g/mol. The van der Waals surface area contributed by atoms with Crippen LogP contribution in [0.25, 0.3) is 11.1 Å². The first-order valence-electron chi connectivity index (χ1n) is 14.5. The third-order valence-corrected chi connectivity index (χ3v) is 8.38. The van der Waals surface area contributed by atoms with E-state index in [4.69, 9.17) is 9.72 Å². The second kappa shape index (κ2) is 11.8. The van der Waals surface area contributed by atoms with Crippen LogP contribution in [0, 0.1) is 18.3 Å². The Morgan fingerprint density at radius 1 is 1.12 bits per heavy atom. The monoisotopic (exact) mass is 537 g/mol. The van der Waals surface area contributed by atoms with Gasteiger partial charge < -0.3 is 14.5 Å². The molecule has 0 saturated heterocycles. The summed E-state index contributed by atoms with van der Waals surface area (Å²) in [6.45, 7) is 11.1. The zero-order valence-corrected chi connectivity index (χ0v) is 24.3. The lowest BCUT2D eigenvalue weighted by Gasteiger charge is -2.35.